The molecule has 1 amide bonds. The van der Waals surface area contributed by atoms with Crippen LogP contribution in [0.2, 0.25) is 0 Å². The smallest absolute Gasteiger partial charge is 0.225 e. The molecule has 0 radical (unpaired) electrons. The van der Waals surface area contributed by atoms with E-state index in [1.807, 2.05) is 24.3 Å². The van der Waals surface area contributed by atoms with E-state index in [-0.39, 0.29) is 11.9 Å². The van der Waals surface area contributed by atoms with Crippen LogP contribution in [0.1, 0.15) is 39.5 Å². The van der Waals surface area contributed by atoms with Gasteiger partial charge in [-0.15, -0.1) is 0 Å². The molecule has 0 saturated carbocycles. The summed E-state index contributed by atoms with van der Waals surface area (Å²) in [6.45, 7) is 4.80. The predicted octanol–water partition coefficient (Wildman–Crippen LogP) is 2.93. The lowest BCUT2D eigenvalue weighted by molar-refractivity contribution is -0.116. The Morgan fingerprint density at radius 1 is 1.37 bits per heavy atom. The first-order chi connectivity index (χ1) is 9.15. The van der Waals surface area contributed by atoms with Crippen LogP contribution in [0.25, 0.3) is 0 Å². The monoisotopic (exact) mass is 264 g/mol. The van der Waals surface area contributed by atoms with E-state index in [4.69, 9.17) is 10.5 Å². The van der Waals surface area contributed by atoms with E-state index < -0.39 is 0 Å². The van der Waals surface area contributed by atoms with Gasteiger partial charge in [-0.2, -0.15) is 0 Å². The normalized spacial score (nSPS) is 11.9. The van der Waals surface area contributed by atoms with Crippen molar-refractivity contribution in [2.45, 2.75) is 45.6 Å². The molecule has 0 aliphatic rings. The molecule has 0 aromatic heterocycles. The molecule has 1 rings (SSSR count). The first-order valence-corrected chi connectivity index (χ1v) is 6.94. The van der Waals surface area contributed by atoms with E-state index >= 15 is 0 Å². The van der Waals surface area contributed by atoms with Crippen molar-refractivity contribution >= 4 is 11.6 Å². The van der Waals surface area contributed by atoms with Gasteiger partial charge in [0.05, 0.1) is 6.61 Å². The quantitative estimate of drug-likeness (QED) is 0.758. The molecule has 1 unspecified atom stereocenters. The van der Waals surface area contributed by atoms with Gasteiger partial charge < -0.3 is 15.8 Å². The largest absolute Gasteiger partial charge is 0.494 e. The van der Waals surface area contributed by atoms with Crippen LogP contribution in [0.3, 0.4) is 0 Å². The first kappa shape index (κ1) is 15.5. The van der Waals surface area contributed by atoms with Crippen molar-refractivity contribution in [3.05, 3.63) is 24.3 Å². The Morgan fingerprint density at radius 3 is 2.84 bits per heavy atom. The molecule has 1 aromatic rings. The molecule has 0 bridgehead atoms. The minimum atomic E-state index is -0.0653. The number of hydrogen-bond acceptors (Lipinski definition) is 3. The number of benzene rings is 1. The van der Waals surface area contributed by atoms with E-state index in [1.165, 1.54) is 0 Å². The maximum Gasteiger partial charge on any atom is 0.225 e. The topological polar surface area (TPSA) is 64.3 Å². The van der Waals surface area contributed by atoms with E-state index in [0.29, 0.717) is 13.0 Å². The lowest BCUT2D eigenvalue weighted by atomic mass is 10.1. The third-order valence-corrected chi connectivity index (χ3v) is 2.70. The second-order valence-corrected chi connectivity index (χ2v) is 4.68. The van der Waals surface area contributed by atoms with E-state index in [1.54, 1.807) is 0 Å². The maximum absolute atomic E-state index is 11.8. The summed E-state index contributed by atoms with van der Waals surface area (Å²) in [5, 5.41) is 2.85. The minimum absolute atomic E-state index is 0.0476. The predicted molar refractivity (Wildman–Crippen MR) is 78.4 cm³/mol. The van der Waals surface area contributed by atoms with Gasteiger partial charge in [-0.3, -0.25) is 4.79 Å². The molecule has 0 heterocycles. The highest BCUT2D eigenvalue weighted by Gasteiger charge is 2.09. The Labute approximate surface area is 115 Å². The van der Waals surface area contributed by atoms with Crippen LogP contribution in [0, 0.1) is 0 Å². The van der Waals surface area contributed by atoms with E-state index in [2.05, 4.69) is 19.2 Å². The molecule has 1 aromatic carbocycles. The number of carbonyl (C=O) groups is 1. The number of ether oxygens (including phenoxy) is 1. The molecule has 0 aliphatic heterocycles. The van der Waals surface area contributed by atoms with Crippen molar-refractivity contribution in [2.75, 3.05) is 11.9 Å². The molecule has 0 fully saturated rings. The highest BCUT2D eigenvalue weighted by Crippen LogP contribution is 2.17. The summed E-state index contributed by atoms with van der Waals surface area (Å²) in [7, 11) is 0. The van der Waals surface area contributed by atoms with Crippen LogP contribution < -0.4 is 15.8 Å². The van der Waals surface area contributed by atoms with Crippen LogP contribution in [0.4, 0.5) is 5.69 Å². The highest BCUT2D eigenvalue weighted by atomic mass is 16.5. The van der Waals surface area contributed by atoms with Gasteiger partial charge in [0.25, 0.3) is 0 Å². The van der Waals surface area contributed by atoms with Gasteiger partial charge >= 0.3 is 0 Å². The fourth-order valence-electron chi connectivity index (χ4n) is 1.81. The molecule has 106 valence electrons. The second-order valence-electron chi connectivity index (χ2n) is 4.68. The molecular formula is C15H24N2O2. The van der Waals surface area contributed by atoms with Crippen molar-refractivity contribution in [1.82, 2.24) is 0 Å². The minimum Gasteiger partial charge on any atom is -0.494 e. The number of nitrogens with one attached hydrogen (secondary N) is 1. The summed E-state index contributed by atoms with van der Waals surface area (Å²) in [4.78, 5) is 11.8. The summed E-state index contributed by atoms with van der Waals surface area (Å²) in [6.07, 6.45) is 3.18. The number of hydrogen-bond donors (Lipinski definition) is 2. The summed E-state index contributed by atoms with van der Waals surface area (Å²) < 4.78 is 5.52. The first-order valence-electron chi connectivity index (χ1n) is 6.94. The molecule has 4 heteroatoms. The zero-order valence-corrected chi connectivity index (χ0v) is 11.8. The molecule has 1 atom stereocenters. The van der Waals surface area contributed by atoms with Gasteiger partial charge in [0.15, 0.2) is 0 Å². The van der Waals surface area contributed by atoms with Crippen LogP contribution >= 0.6 is 0 Å². The van der Waals surface area contributed by atoms with Crippen LogP contribution in [-0.4, -0.2) is 18.6 Å². The lowest BCUT2D eigenvalue weighted by Gasteiger charge is -2.11. The molecular weight excluding hydrogens is 240 g/mol. The zero-order chi connectivity index (χ0) is 14.1. The van der Waals surface area contributed by atoms with Crippen molar-refractivity contribution in [1.29, 1.82) is 0 Å². The Morgan fingerprint density at radius 2 is 2.16 bits per heavy atom. The standard InChI is InChI=1S/C15H24N2O2/c1-3-6-12(16)10-15(18)17-13-7-5-8-14(11-13)19-9-4-2/h5,7-8,11-12H,3-4,6,9-10,16H2,1-2H3,(H,17,18). The summed E-state index contributed by atoms with van der Waals surface area (Å²) in [5.74, 6) is 0.728. The molecule has 0 aliphatic carbocycles. The van der Waals surface area contributed by atoms with Gasteiger partial charge in [0.1, 0.15) is 5.75 Å². The average molecular weight is 264 g/mol. The van der Waals surface area contributed by atoms with Gasteiger partial charge in [0, 0.05) is 24.2 Å². The zero-order valence-electron chi connectivity index (χ0n) is 11.8. The van der Waals surface area contributed by atoms with Crippen molar-refractivity contribution in [3.63, 3.8) is 0 Å². The van der Waals surface area contributed by atoms with Crippen LogP contribution in [0.5, 0.6) is 5.75 Å². The number of nitrogens with two attached hydrogens (primary N) is 1. The highest BCUT2D eigenvalue weighted by molar-refractivity contribution is 5.91. The van der Waals surface area contributed by atoms with Crippen molar-refractivity contribution in [2.24, 2.45) is 5.73 Å². The van der Waals surface area contributed by atoms with Crippen molar-refractivity contribution in [3.8, 4) is 5.75 Å². The number of amides is 1. The molecule has 19 heavy (non-hydrogen) atoms. The lowest BCUT2D eigenvalue weighted by Crippen LogP contribution is -2.26. The summed E-state index contributed by atoms with van der Waals surface area (Å²) in [5.41, 5.74) is 6.60. The van der Waals surface area contributed by atoms with E-state index in [0.717, 1.165) is 30.7 Å². The van der Waals surface area contributed by atoms with Gasteiger partial charge in [-0.1, -0.05) is 26.3 Å². The molecule has 3 N–H and O–H groups in total. The molecule has 0 saturated heterocycles. The molecule has 0 spiro atoms. The van der Waals surface area contributed by atoms with Crippen LogP contribution in [0.15, 0.2) is 24.3 Å². The van der Waals surface area contributed by atoms with Gasteiger partial charge in [0.2, 0.25) is 5.91 Å². The summed E-state index contributed by atoms with van der Waals surface area (Å²) >= 11 is 0. The second kappa shape index (κ2) is 8.53. The number of carbonyl (C=O) groups excluding carboxylic acids is 1. The third-order valence-electron chi connectivity index (χ3n) is 2.70. The number of anilines is 1. The van der Waals surface area contributed by atoms with Gasteiger partial charge in [-0.25, -0.2) is 0 Å². The third kappa shape index (κ3) is 6.25. The SMILES string of the molecule is CCCOc1cccc(NC(=O)CC(N)CCC)c1. The fourth-order valence-corrected chi connectivity index (χ4v) is 1.81. The Kier molecular flexibility index (Phi) is 6.97. The van der Waals surface area contributed by atoms with E-state index in [9.17, 15) is 4.79 Å². The van der Waals surface area contributed by atoms with Crippen molar-refractivity contribution < 1.29 is 9.53 Å². The Bertz CT molecular complexity index is 393. The van der Waals surface area contributed by atoms with Crippen LogP contribution in [-0.2, 0) is 4.79 Å². The summed E-state index contributed by atoms with van der Waals surface area (Å²) in [6, 6.07) is 7.37. The fraction of sp³-hybridized carbons (Fsp3) is 0.533. The Balaban J connectivity index is 2.49. The number of rotatable bonds is 8. The maximum atomic E-state index is 11.8. The average Bonchev–Trinajstić information content (AvgIpc) is 2.36. The van der Waals surface area contributed by atoms with Gasteiger partial charge in [-0.05, 0) is 25.0 Å². The molecule has 4 nitrogen and oxygen atoms in total. The Hall–Kier alpha value is -1.55.